The van der Waals surface area contributed by atoms with Crippen LogP contribution in [-0.4, -0.2) is 32.3 Å². The summed E-state index contributed by atoms with van der Waals surface area (Å²) in [5.41, 5.74) is 0.109. The molecule has 4 rings (SSSR count). The first-order valence-electron chi connectivity index (χ1n) is 9.59. The van der Waals surface area contributed by atoms with Crippen LogP contribution in [0.15, 0.2) is 38.4 Å². The maximum Gasteiger partial charge on any atom is 0.331 e. The predicted molar refractivity (Wildman–Crippen MR) is 108 cm³/mol. The second-order valence-corrected chi connectivity index (χ2v) is 6.99. The van der Waals surface area contributed by atoms with Crippen LogP contribution in [0.25, 0.3) is 11.4 Å². The number of aromatic nitrogens is 4. The van der Waals surface area contributed by atoms with E-state index in [0.717, 1.165) is 17.4 Å². The molecule has 3 heterocycles. The summed E-state index contributed by atoms with van der Waals surface area (Å²) >= 11 is 0. The first-order valence-corrected chi connectivity index (χ1v) is 9.59. The number of hydrogen-bond donors (Lipinski definition) is 1. The van der Waals surface area contributed by atoms with Crippen molar-refractivity contribution in [2.75, 3.05) is 12.4 Å². The number of benzene rings is 1. The van der Waals surface area contributed by atoms with Crippen LogP contribution in [0.5, 0.6) is 5.75 Å². The molecule has 10 heteroatoms. The van der Waals surface area contributed by atoms with Gasteiger partial charge in [0.1, 0.15) is 17.9 Å². The van der Waals surface area contributed by atoms with E-state index in [2.05, 4.69) is 15.5 Å². The Bertz CT molecular complexity index is 1220. The van der Waals surface area contributed by atoms with Crippen molar-refractivity contribution >= 4 is 11.6 Å². The summed E-state index contributed by atoms with van der Waals surface area (Å²) in [4.78, 5) is 43.0. The highest BCUT2D eigenvalue weighted by Crippen LogP contribution is 2.23. The second kappa shape index (κ2) is 7.97. The highest BCUT2D eigenvalue weighted by molar-refractivity contribution is 5.92. The van der Waals surface area contributed by atoms with Gasteiger partial charge in [0.05, 0.1) is 12.8 Å². The number of fused-ring (bicyclic) bond motifs is 1. The standard InChI is InChI=1S/C20H21N5O5/c1-12-21-18(23-30-12)17-14-8-5-6-10-24(14)20(28)25(19(17)27)11-16(26)22-13-7-3-4-9-15(13)29-2/h3-4,7,9H,5-6,8,10-11H2,1-2H3,(H,22,26). The quantitative estimate of drug-likeness (QED) is 0.673. The third kappa shape index (κ3) is 3.51. The summed E-state index contributed by atoms with van der Waals surface area (Å²) in [5.74, 6) is 0.390. The molecule has 0 radical (unpaired) electrons. The molecule has 2 aromatic heterocycles. The molecule has 1 amide bonds. The van der Waals surface area contributed by atoms with Crippen molar-refractivity contribution in [3.8, 4) is 17.1 Å². The van der Waals surface area contributed by atoms with Crippen molar-refractivity contribution < 1.29 is 14.1 Å². The molecule has 156 valence electrons. The largest absolute Gasteiger partial charge is 0.495 e. The first-order chi connectivity index (χ1) is 14.5. The van der Waals surface area contributed by atoms with Gasteiger partial charge in [-0.3, -0.25) is 18.7 Å². The number of anilines is 1. The molecule has 30 heavy (non-hydrogen) atoms. The number of nitrogens with zero attached hydrogens (tertiary/aromatic N) is 4. The van der Waals surface area contributed by atoms with Crippen molar-refractivity contribution in [2.45, 2.75) is 39.3 Å². The Morgan fingerprint density at radius 1 is 1.27 bits per heavy atom. The van der Waals surface area contributed by atoms with Gasteiger partial charge in [-0.2, -0.15) is 4.98 Å². The molecule has 10 nitrogen and oxygen atoms in total. The van der Waals surface area contributed by atoms with Gasteiger partial charge in [0.25, 0.3) is 5.56 Å². The van der Waals surface area contributed by atoms with Crippen LogP contribution in [0, 0.1) is 6.92 Å². The first kappa shape index (κ1) is 19.6. The number of carbonyl (C=O) groups excluding carboxylic acids is 1. The molecule has 0 bridgehead atoms. The summed E-state index contributed by atoms with van der Waals surface area (Å²) in [6.07, 6.45) is 2.21. The summed E-state index contributed by atoms with van der Waals surface area (Å²) in [6, 6.07) is 6.89. The summed E-state index contributed by atoms with van der Waals surface area (Å²) in [6.45, 7) is 1.64. The van der Waals surface area contributed by atoms with Crippen molar-refractivity contribution in [3.63, 3.8) is 0 Å². The number of aryl methyl sites for hydroxylation is 1. The van der Waals surface area contributed by atoms with Gasteiger partial charge in [-0.15, -0.1) is 0 Å². The Hall–Kier alpha value is -3.69. The molecule has 0 aliphatic carbocycles. The van der Waals surface area contributed by atoms with Gasteiger partial charge >= 0.3 is 5.69 Å². The van der Waals surface area contributed by atoms with Gasteiger partial charge < -0.3 is 14.6 Å². The van der Waals surface area contributed by atoms with Crippen LogP contribution in [0.3, 0.4) is 0 Å². The number of methoxy groups -OCH3 is 1. The fourth-order valence-electron chi connectivity index (χ4n) is 3.64. The van der Waals surface area contributed by atoms with Gasteiger partial charge in [0, 0.05) is 19.2 Å². The molecule has 0 spiro atoms. The Labute approximate surface area is 171 Å². The van der Waals surface area contributed by atoms with E-state index in [1.807, 2.05) is 0 Å². The maximum atomic E-state index is 13.2. The molecule has 0 saturated carbocycles. The Balaban J connectivity index is 1.76. The highest BCUT2D eigenvalue weighted by atomic mass is 16.5. The third-order valence-corrected chi connectivity index (χ3v) is 5.01. The van der Waals surface area contributed by atoms with Crippen molar-refractivity contribution in [1.82, 2.24) is 19.3 Å². The van der Waals surface area contributed by atoms with Crippen molar-refractivity contribution in [2.24, 2.45) is 0 Å². The Morgan fingerprint density at radius 3 is 2.80 bits per heavy atom. The molecular formula is C20H21N5O5. The van der Waals surface area contributed by atoms with E-state index in [4.69, 9.17) is 9.26 Å². The average molecular weight is 411 g/mol. The Kier molecular flexibility index (Phi) is 5.21. The van der Waals surface area contributed by atoms with Crippen molar-refractivity contribution in [3.05, 3.63) is 56.7 Å². The highest BCUT2D eigenvalue weighted by Gasteiger charge is 2.26. The fourth-order valence-corrected chi connectivity index (χ4v) is 3.64. The zero-order valence-electron chi connectivity index (χ0n) is 16.7. The molecule has 0 unspecified atom stereocenters. The molecule has 3 aromatic rings. The lowest BCUT2D eigenvalue weighted by molar-refractivity contribution is -0.116. The van der Waals surface area contributed by atoms with Crippen molar-refractivity contribution in [1.29, 1.82) is 0 Å². The molecule has 0 atom stereocenters. The third-order valence-electron chi connectivity index (χ3n) is 5.01. The SMILES string of the molecule is COc1ccccc1NC(=O)Cn1c(=O)c(-c2noc(C)n2)c2n(c1=O)CCCC2. The number of nitrogens with one attached hydrogen (secondary N) is 1. The number of carbonyl (C=O) groups is 1. The van der Waals surface area contributed by atoms with Crippen LogP contribution in [-0.2, 0) is 24.3 Å². The lowest BCUT2D eigenvalue weighted by Gasteiger charge is -2.21. The van der Waals surface area contributed by atoms with E-state index >= 15 is 0 Å². The molecule has 1 aromatic carbocycles. The summed E-state index contributed by atoms with van der Waals surface area (Å²) in [5, 5.41) is 6.55. The molecule has 0 saturated heterocycles. The molecular weight excluding hydrogens is 390 g/mol. The molecule has 1 aliphatic rings. The van der Waals surface area contributed by atoms with Crippen LogP contribution < -0.4 is 21.3 Å². The van der Waals surface area contributed by atoms with E-state index < -0.39 is 23.7 Å². The van der Waals surface area contributed by atoms with Crippen LogP contribution in [0.1, 0.15) is 24.4 Å². The van der Waals surface area contributed by atoms with Gasteiger partial charge in [-0.1, -0.05) is 17.3 Å². The van der Waals surface area contributed by atoms with E-state index in [9.17, 15) is 14.4 Å². The zero-order valence-corrected chi connectivity index (χ0v) is 16.7. The van der Waals surface area contributed by atoms with Crippen LogP contribution in [0.4, 0.5) is 5.69 Å². The lowest BCUT2D eigenvalue weighted by Crippen LogP contribution is -2.45. The fraction of sp³-hybridized carbons (Fsp3) is 0.350. The molecule has 1 aliphatic heterocycles. The van der Waals surface area contributed by atoms with E-state index in [0.29, 0.717) is 36.0 Å². The minimum atomic E-state index is -0.607. The average Bonchev–Trinajstić information content (AvgIpc) is 3.17. The second-order valence-electron chi connectivity index (χ2n) is 6.99. The van der Waals surface area contributed by atoms with Gasteiger partial charge in [-0.25, -0.2) is 4.79 Å². The topological polar surface area (TPSA) is 121 Å². The van der Waals surface area contributed by atoms with Gasteiger partial charge in [-0.05, 0) is 31.4 Å². The predicted octanol–water partition coefficient (Wildman–Crippen LogP) is 1.35. The molecule has 1 N–H and O–H groups in total. The number of rotatable bonds is 5. The van der Waals surface area contributed by atoms with E-state index in [1.165, 1.54) is 11.7 Å². The van der Waals surface area contributed by atoms with E-state index in [1.54, 1.807) is 31.2 Å². The van der Waals surface area contributed by atoms with Crippen LogP contribution >= 0.6 is 0 Å². The number of amides is 1. The number of ether oxygens (including phenoxy) is 1. The van der Waals surface area contributed by atoms with E-state index in [-0.39, 0.29) is 11.4 Å². The minimum absolute atomic E-state index is 0.127. The lowest BCUT2D eigenvalue weighted by atomic mass is 10.0. The maximum absolute atomic E-state index is 13.2. The van der Waals surface area contributed by atoms with Crippen LogP contribution in [0.2, 0.25) is 0 Å². The van der Waals surface area contributed by atoms with Gasteiger partial charge in [0.15, 0.2) is 0 Å². The zero-order chi connectivity index (χ0) is 21.3. The number of para-hydroxylation sites is 2. The normalized spacial score (nSPS) is 13.0. The monoisotopic (exact) mass is 411 g/mol. The molecule has 0 fully saturated rings. The summed E-state index contributed by atoms with van der Waals surface area (Å²) in [7, 11) is 1.49. The minimum Gasteiger partial charge on any atom is -0.495 e. The Morgan fingerprint density at radius 2 is 2.07 bits per heavy atom. The smallest absolute Gasteiger partial charge is 0.331 e. The van der Waals surface area contributed by atoms with Gasteiger partial charge in [0.2, 0.25) is 17.6 Å². The number of hydrogen-bond acceptors (Lipinski definition) is 7. The summed E-state index contributed by atoms with van der Waals surface area (Å²) < 4.78 is 12.7.